The van der Waals surface area contributed by atoms with Gasteiger partial charge in [0.15, 0.2) is 0 Å². The van der Waals surface area contributed by atoms with Crippen LogP contribution in [0.1, 0.15) is 0 Å². The Bertz CT molecular complexity index is 150. The minimum Gasteiger partial charge on any atom is -0.412 e. The second-order valence-corrected chi connectivity index (χ2v) is 2.86. The van der Waals surface area contributed by atoms with E-state index in [4.69, 9.17) is 11.5 Å². The van der Waals surface area contributed by atoms with Crippen molar-refractivity contribution in [2.24, 2.45) is 11.5 Å². The van der Waals surface area contributed by atoms with Gasteiger partial charge in [0, 0.05) is 0 Å². The van der Waals surface area contributed by atoms with Crippen LogP contribution >= 0.6 is 0 Å². The summed E-state index contributed by atoms with van der Waals surface area (Å²) in [5, 5.41) is 0. The van der Waals surface area contributed by atoms with Crippen LogP contribution in [0.25, 0.3) is 0 Å². The van der Waals surface area contributed by atoms with Gasteiger partial charge in [-0.15, -0.1) is 0 Å². The molecule has 90 valence electrons. The molecule has 0 bridgehead atoms. The molecular formula is C6H13BF4N2O2. The molecule has 0 fully saturated rings. The average molecular weight is 232 g/mol. The van der Waals surface area contributed by atoms with E-state index in [1.165, 1.54) is 0 Å². The lowest BCUT2D eigenvalue weighted by Gasteiger charge is -2.12. The molecule has 0 heterocycles. The highest BCUT2D eigenvalue weighted by Gasteiger charge is 2.17. The van der Waals surface area contributed by atoms with Gasteiger partial charge >= 0.3 is 7.69 Å². The summed E-state index contributed by atoms with van der Waals surface area (Å²) < 4.78 is 56.3. The van der Waals surface area contributed by atoms with Gasteiger partial charge in [0.25, 0.3) is 12.9 Å². The quantitative estimate of drug-likeness (QED) is 0.335. The highest BCUT2D eigenvalue weighted by atomic mass is 19.3. The molecule has 0 aliphatic heterocycles. The maximum atomic E-state index is 11.8. The molecule has 0 aromatic rings. The topological polar surface area (TPSA) is 70.5 Å². The van der Waals surface area contributed by atoms with Crippen molar-refractivity contribution in [2.75, 3.05) is 13.2 Å². The fourth-order valence-electron chi connectivity index (χ4n) is 0.573. The van der Waals surface area contributed by atoms with Gasteiger partial charge in [-0.25, -0.2) is 17.6 Å². The number of hydrogen-bond donors (Lipinski definition) is 2. The van der Waals surface area contributed by atoms with Gasteiger partial charge in [0.05, 0.1) is 25.3 Å². The zero-order valence-corrected chi connectivity index (χ0v) is 7.91. The molecule has 0 aromatic heterocycles. The molecule has 0 radical (unpaired) electrons. The van der Waals surface area contributed by atoms with Gasteiger partial charge in [0.1, 0.15) is 0 Å². The van der Waals surface area contributed by atoms with Crippen molar-refractivity contribution < 1.29 is 26.9 Å². The maximum Gasteiger partial charge on any atom is 0.438 e. The Balaban J connectivity index is 3.32. The van der Waals surface area contributed by atoms with Crippen molar-refractivity contribution in [3.63, 3.8) is 0 Å². The van der Waals surface area contributed by atoms with Crippen LogP contribution in [0.5, 0.6) is 0 Å². The molecule has 9 heteroatoms. The van der Waals surface area contributed by atoms with E-state index >= 15 is 0 Å². The van der Waals surface area contributed by atoms with Gasteiger partial charge in [-0.05, 0) is 0 Å². The van der Waals surface area contributed by atoms with Gasteiger partial charge < -0.3 is 20.8 Å². The lowest BCUT2D eigenvalue weighted by atomic mass is 10.3. The average Bonchev–Trinajstić information content (AvgIpc) is 2.16. The molecule has 0 saturated carbocycles. The van der Waals surface area contributed by atoms with Crippen molar-refractivity contribution >= 4 is 7.69 Å². The molecule has 2 unspecified atom stereocenters. The van der Waals surface area contributed by atoms with Gasteiger partial charge in [0.2, 0.25) is 0 Å². The van der Waals surface area contributed by atoms with Crippen molar-refractivity contribution in [3.05, 3.63) is 0 Å². The lowest BCUT2D eigenvalue weighted by molar-refractivity contribution is 0.0707. The van der Waals surface area contributed by atoms with Gasteiger partial charge in [-0.2, -0.15) is 0 Å². The van der Waals surface area contributed by atoms with Crippen LogP contribution in [0, 0.1) is 0 Å². The van der Waals surface area contributed by atoms with Crippen LogP contribution in [0.15, 0.2) is 0 Å². The predicted molar refractivity (Wildman–Crippen MR) is 47.0 cm³/mol. The molecule has 4 nitrogen and oxygen atoms in total. The summed E-state index contributed by atoms with van der Waals surface area (Å²) in [5.41, 5.74) is 9.86. The van der Waals surface area contributed by atoms with E-state index in [2.05, 4.69) is 9.31 Å². The minimum atomic E-state index is -2.69. The second-order valence-electron chi connectivity index (χ2n) is 2.86. The standard InChI is InChI=1S/C6H13BF4N2O2/c8-5(9)3(12)1-14-7-15-2-4(13)6(10)11/h3-7H,1-2,12-13H2. The maximum absolute atomic E-state index is 11.8. The zero-order chi connectivity index (χ0) is 11.8. The van der Waals surface area contributed by atoms with Crippen molar-refractivity contribution in [1.29, 1.82) is 0 Å². The first-order valence-corrected chi connectivity index (χ1v) is 4.18. The van der Waals surface area contributed by atoms with Crippen LogP contribution in [-0.2, 0) is 9.31 Å². The lowest BCUT2D eigenvalue weighted by Crippen LogP contribution is -2.36. The highest BCUT2D eigenvalue weighted by molar-refractivity contribution is 6.17. The van der Waals surface area contributed by atoms with Gasteiger partial charge in [-0.3, -0.25) is 0 Å². The highest BCUT2D eigenvalue weighted by Crippen LogP contribution is 1.99. The Kier molecular flexibility index (Phi) is 7.66. The van der Waals surface area contributed by atoms with E-state index < -0.39 is 38.1 Å². The molecule has 4 N–H and O–H groups in total. The number of rotatable bonds is 8. The van der Waals surface area contributed by atoms with Gasteiger partial charge in [-0.1, -0.05) is 0 Å². The Hall–Kier alpha value is -0.375. The van der Waals surface area contributed by atoms with Crippen molar-refractivity contribution in [2.45, 2.75) is 24.9 Å². The first-order valence-electron chi connectivity index (χ1n) is 4.18. The Morgan fingerprint density at radius 3 is 1.47 bits per heavy atom. The third kappa shape index (κ3) is 7.54. The molecule has 0 rings (SSSR count). The van der Waals surface area contributed by atoms with E-state index in [0.717, 1.165) is 0 Å². The Labute approximate surface area is 85.2 Å². The largest absolute Gasteiger partial charge is 0.438 e. The van der Waals surface area contributed by atoms with E-state index in [1.54, 1.807) is 0 Å². The molecule has 0 aliphatic rings. The molecule has 0 saturated heterocycles. The molecule has 0 spiro atoms. The molecule has 0 aromatic carbocycles. The fourth-order valence-corrected chi connectivity index (χ4v) is 0.573. The third-order valence-electron chi connectivity index (χ3n) is 1.43. The smallest absolute Gasteiger partial charge is 0.412 e. The first kappa shape index (κ1) is 14.6. The predicted octanol–water partition coefficient (Wildman–Crippen LogP) is -0.529. The van der Waals surface area contributed by atoms with Crippen LogP contribution in [0.4, 0.5) is 17.6 Å². The van der Waals surface area contributed by atoms with Crippen molar-refractivity contribution in [3.8, 4) is 0 Å². The molecule has 15 heavy (non-hydrogen) atoms. The van der Waals surface area contributed by atoms with Crippen LogP contribution in [-0.4, -0.2) is 45.8 Å². The van der Waals surface area contributed by atoms with Crippen LogP contribution in [0.2, 0.25) is 0 Å². The molecule has 2 atom stereocenters. The number of alkyl halides is 4. The van der Waals surface area contributed by atoms with E-state index in [1.807, 2.05) is 0 Å². The summed E-state index contributed by atoms with van der Waals surface area (Å²) in [6, 6.07) is -2.81. The minimum absolute atomic E-state index is 0.388. The first-order chi connectivity index (χ1) is 6.95. The van der Waals surface area contributed by atoms with Crippen LogP contribution in [0.3, 0.4) is 0 Å². The summed E-state index contributed by atoms with van der Waals surface area (Å²) in [5.74, 6) is 0. The molecular weight excluding hydrogens is 219 g/mol. The number of hydrogen-bond acceptors (Lipinski definition) is 4. The second kappa shape index (κ2) is 7.86. The summed E-state index contributed by atoms with van der Waals surface area (Å²) in [4.78, 5) is 0. The fraction of sp³-hybridized carbons (Fsp3) is 1.00. The Morgan fingerprint density at radius 2 is 1.20 bits per heavy atom. The van der Waals surface area contributed by atoms with E-state index in [0.29, 0.717) is 0 Å². The third-order valence-corrected chi connectivity index (χ3v) is 1.43. The van der Waals surface area contributed by atoms with E-state index in [9.17, 15) is 17.6 Å². The Morgan fingerprint density at radius 1 is 0.867 bits per heavy atom. The molecule has 0 amide bonds. The summed E-state index contributed by atoms with van der Waals surface area (Å²) in [7, 11) is -0.388. The normalized spacial score (nSPS) is 15.7. The van der Waals surface area contributed by atoms with E-state index in [-0.39, 0.29) is 7.69 Å². The summed E-state index contributed by atoms with van der Waals surface area (Å²) in [6.07, 6.45) is -5.37. The number of halogens is 4. The summed E-state index contributed by atoms with van der Waals surface area (Å²) >= 11 is 0. The number of nitrogens with two attached hydrogens (primary N) is 2. The van der Waals surface area contributed by atoms with Crippen molar-refractivity contribution in [1.82, 2.24) is 0 Å². The molecule has 0 aliphatic carbocycles. The SMILES string of the molecule is NC(COBOCC(N)C(F)F)C(F)F. The monoisotopic (exact) mass is 232 g/mol. The van der Waals surface area contributed by atoms with Crippen LogP contribution < -0.4 is 11.5 Å². The summed E-state index contributed by atoms with van der Waals surface area (Å²) in [6.45, 7) is -0.802. The zero-order valence-electron chi connectivity index (χ0n) is 7.91.